The van der Waals surface area contributed by atoms with Gasteiger partial charge in [0.25, 0.3) is 0 Å². The molecule has 0 spiro atoms. The monoisotopic (exact) mass is 798 g/mol. The minimum atomic E-state index is -0.434. The van der Waals surface area contributed by atoms with Crippen molar-refractivity contribution < 1.29 is 23.5 Å². The topological polar surface area (TPSA) is 89.3 Å². The minimum absolute atomic E-state index is 0. The molecule has 55 heavy (non-hydrogen) atoms. The Balaban J connectivity index is 0.00000290. The Kier molecular flexibility index (Phi) is 17.2. The predicted molar refractivity (Wildman–Crippen MR) is 225 cm³/mol. The third-order valence-electron chi connectivity index (χ3n) is 12.9. The standard InChI is InChI=1S/C45H62N2O6.2ClH/c48-43-39-31-33(44(49)51-29-13-27-46(35-15-5-1-6-16-35)36-17-7-2-8-18-36)23-25-41(39)53-42-26-24-34(32-40(42)43)45(50)52-30-14-28-47(37-19-9-3-10-20-37)38-21-11-4-12-22-38;;/h23-26,31-32,35-38H,1-22,27-30H2;2*1H. The summed E-state index contributed by atoms with van der Waals surface area (Å²) in [7, 11) is 0. The fourth-order valence-corrected chi connectivity index (χ4v) is 10.1. The Morgan fingerprint density at radius 2 is 0.855 bits per heavy atom. The van der Waals surface area contributed by atoms with Crippen LogP contribution in [0.25, 0.3) is 21.9 Å². The van der Waals surface area contributed by atoms with E-state index in [-0.39, 0.29) is 30.2 Å². The molecule has 2 aromatic carbocycles. The van der Waals surface area contributed by atoms with Crippen molar-refractivity contribution in [2.75, 3.05) is 26.3 Å². The number of esters is 2. The van der Waals surface area contributed by atoms with Crippen molar-refractivity contribution in [2.45, 2.75) is 165 Å². The molecule has 0 unspecified atom stereocenters. The zero-order valence-corrected chi connectivity index (χ0v) is 34.5. The van der Waals surface area contributed by atoms with Gasteiger partial charge in [-0.2, -0.15) is 0 Å². The van der Waals surface area contributed by atoms with Crippen molar-refractivity contribution in [1.29, 1.82) is 0 Å². The number of nitrogens with zero attached hydrogens (tertiary/aromatic N) is 2. The van der Waals surface area contributed by atoms with Crippen LogP contribution in [0.1, 0.15) is 162 Å². The van der Waals surface area contributed by atoms with Gasteiger partial charge in [0.05, 0.1) is 35.1 Å². The molecule has 1 heterocycles. The summed E-state index contributed by atoms with van der Waals surface area (Å²) in [6, 6.07) is 12.4. The molecule has 0 saturated heterocycles. The van der Waals surface area contributed by atoms with E-state index in [1.807, 2.05) is 0 Å². The zero-order chi connectivity index (χ0) is 36.4. The first-order valence-corrected chi connectivity index (χ1v) is 21.4. The molecule has 0 aliphatic heterocycles. The average molecular weight is 800 g/mol. The summed E-state index contributed by atoms with van der Waals surface area (Å²) in [5, 5.41) is 0.590. The fraction of sp³-hybridized carbons (Fsp3) is 0.667. The number of hydrogen-bond donors (Lipinski definition) is 0. The van der Waals surface area contributed by atoms with E-state index in [1.165, 1.54) is 128 Å². The molecule has 10 heteroatoms. The van der Waals surface area contributed by atoms with Gasteiger partial charge in [-0.25, -0.2) is 9.59 Å². The summed E-state index contributed by atoms with van der Waals surface area (Å²) in [5.41, 5.74) is 1.16. The fourth-order valence-electron chi connectivity index (χ4n) is 10.1. The Labute approximate surface area is 340 Å². The van der Waals surface area contributed by atoms with Gasteiger partial charge < -0.3 is 13.9 Å². The van der Waals surface area contributed by atoms with Crippen LogP contribution in [0.2, 0.25) is 0 Å². The highest BCUT2D eigenvalue weighted by molar-refractivity contribution is 5.99. The first-order chi connectivity index (χ1) is 26.0. The van der Waals surface area contributed by atoms with Crippen LogP contribution in [0.15, 0.2) is 45.6 Å². The van der Waals surface area contributed by atoms with Crippen molar-refractivity contribution >= 4 is 58.7 Å². The SMILES string of the molecule is Cl.Cl.O=C(OCCCN(C1CCCCC1)C1CCCCC1)c1ccc2oc3ccc(C(=O)OCCCN(C4CCCCC4)C4CCCCC4)cc3c(=O)c2c1. The van der Waals surface area contributed by atoms with Crippen LogP contribution < -0.4 is 5.43 Å². The molecule has 0 atom stereocenters. The summed E-state index contributed by atoms with van der Waals surface area (Å²) < 4.78 is 17.6. The van der Waals surface area contributed by atoms with E-state index in [2.05, 4.69) is 9.80 Å². The minimum Gasteiger partial charge on any atom is -0.462 e. The number of carbonyl (C=O) groups is 2. The number of benzene rings is 2. The highest BCUT2D eigenvalue weighted by Crippen LogP contribution is 2.32. The van der Waals surface area contributed by atoms with E-state index in [0.29, 0.717) is 70.4 Å². The van der Waals surface area contributed by atoms with Crippen LogP contribution in [-0.2, 0) is 9.47 Å². The molecular formula is C45H64Cl2N2O6. The number of halogens is 2. The molecule has 7 rings (SSSR count). The van der Waals surface area contributed by atoms with Crippen molar-refractivity contribution in [2.24, 2.45) is 0 Å². The molecule has 4 saturated carbocycles. The third-order valence-corrected chi connectivity index (χ3v) is 12.9. The van der Waals surface area contributed by atoms with Gasteiger partial charge in [-0.1, -0.05) is 77.0 Å². The van der Waals surface area contributed by atoms with Gasteiger partial charge >= 0.3 is 11.9 Å². The second kappa shape index (κ2) is 21.8. The number of hydrogen-bond acceptors (Lipinski definition) is 8. The third kappa shape index (κ3) is 11.3. The summed E-state index contributed by atoms with van der Waals surface area (Å²) in [6.45, 7) is 2.62. The molecule has 4 aliphatic carbocycles. The lowest BCUT2D eigenvalue weighted by molar-refractivity contribution is 0.0417. The van der Waals surface area contributed by atoms with Gasteiger partial charge in [-0.05, 0) is 101 Å². The average Bonchev–Trinajstić information content (AvgIpc) is 3.22. The summed E-state index contributed by atoms with van der Waals surface area (Å²) >= 11 is 0. The van der Waals surface area contributed by atoms with Crippen LogP contribution >= 0.6 is 24.8 Å². The highest BCUT2D eigenvalue weighted by Gasteiger charge is 2.30. The Hall–Kier alpha value is -2.65. The normalized spacial score (nSPS) is 19.3. The van der Waals surface area contributed by atoms with E-state index in [9.17, 15) is 14.4 Å². The van der Waals surface area contributed by atoms with Gasteiger partial charge in [0.1, 0.15) is 11.2 Å². The molecule has 304 valence electrons. The lowest BCUT2D eigenvalue weighted by Crippen LogP contribution is -2.45. The Bertz CT molecular complexity index is 1570. The van der Waals surface area contributed by atoms with Gasteiger partial charge in [-0.3, -0.25) is 14.6 Å². The van der Waals surface area contributed by atoms with Crippen LogP contribution in [0, 0.1) is 0 Å². The molecule has 0 radical (unpaired) electrons. The largest absolute Gasteiger partial charge is 0.462 e. The number of fused-ring (bicyclic) bond motifs is 2. The lowest BCUT2D eigenvalue weighted by atomic mass is 9.88. The van der Waals surface area contributed by atoms with Crippen molar-refractivity contribution in [3.63, 3.8) is 0 Å². The van der Waals surface area contributed by atoms with Crippen LogP contribution in [0.5, 0.6) is 0 Å². The van der Waals surface area contributed by atoms with Crippen molar-refractivity contribution in [1.82, 2.24) is 9.80 Å². The van der Waals surface area contributed by atoms with Crippen LogP contribution in [0.4, 0.5) is 0 Å². The van der Waals surface area contributed by atoms with Crippen LogP contribution in [0.3, 0.4) is 0 Å². The van der Waals surface area contributed by atoms with Gasteiger partial charge in [-0.15, -0.1) is 24.8 Å². The smallest absolute Gasteiger partial charge is 0.338 e. The summed E-state index contributed by atoms with van der Waals surface area (Å²) in [5.74, 6) is -0.868. The maximum absolute atomic E-state index is 13.7. The van der Waals surface area contributed by atoms with E-state index >= 15 is 0 Å². The molecule has 0 bridgehead atoms. The molecule has 0 N–H and O–H groups in total. The first-order valence-electron chi connectivity index (χ1n) is 21.4. The second-order valence-corrected chi connectivity index (χ2v) is 16.5. The Morgan fingerprint density at radius 3 is 1.18 bits per heavy atom. The van der Waals surface area contributed by atoms with E-state index in [1.54, 1.807) is 36.4 Å². The van der Waals surface area contributed by atoms with Crippen LogP contribution in [-0.4, -0.2) is 72.2 Å². The van der Waals surface area contributed by atoms with Gasteiger partial charge in [0.15, 0.2) is 0 Å². The number of carbonyl (C=O) groups excluding carboxylic acids is 2. The summed E-state index contributed by atoms with van der Waals surface area (Å²) in [6.07, 6.45) is 27.8. The zero-order valence-electron chi connectivity index (χ0n) is 32.8. The van der Waals surface area contributed by atoms with Gasteiger partial charge in [0.2, 0.25) is 5.43 Å². The van der Waals surface area contributed by atoms with Gasteiger partial charge in [0, 0.05) is 37.3 Å². The van der Waals surface area contributed by atoms with Crippen molar-refractivity contribution in [3.05, 3.63) is 57.7 Å². The van der Waals surface area contributed by atoms with E-state index < -0.39 is 11.9 Å². The molecule has 4 fully saturated rings. The highest BCUT2D eigenvalue weighted by atomic mass is 35.5. The van der Waals surface area contributed by atoms with E-state index in [0.717, 1.165) is 25.9 Å². The van der Waals surface area contributed by atoms with E-state index in [4.69, 9.17) is 13.9 Å². The Morgan fingerprint density at radius 1 is 0.527 bits per heavy atom. The predicted octanol–water partition coefficient (Wildman–Crippen LogP) is 10.8. The molecule has 8 nitrogen and oxygen atoms in total. The molecule has 4 aliphatic rings. The first kappa shape index (κ1) is 43.5. The molecule has 1 aromatic heterocycles. The van der Waals surface area contributed by atoms with Crippen molar-refractivity contribution in [3.8, 4) is 0 Å². The maximum Gasteiger partial charge on any atom is 0.338 e. The second-order valence-electron chi connectivity index (χ2n) is 16.5. The molecule has 3 aromatic rings. The summed E-state index contributed by atoms with van der Waals surface area (Å²) in [4.78, 5) is 45.6. The maximum atomic E-state index is 13.7. The molecular weight excluding hydrogens is 735 g/mol. The lowest BCUT2D eigenvalue weighted by Gasteiger charge is -2.41. The number of rotatable bonds is 14. The molecule has 0 amide bonds. The number of ether oxygens (including phenoxy) is 2. The quantitative estimate of drug-likeness (QED) is 0.0905.